The van der Waals surface area contributed by atoms with E-state index >= 15 is 0 Å². The number of hydrogen-bond donors (Lipinski definition) is 4. The average molecular weight is 568 g/mol. The lowest BCUT2D eigenvalue weighted by Crippen LogP contribution is -2.54. The molecule has 2 aliphatic carbocycles. The van der Waals surface area contributed by atoms with Gasteiger partial charge >= 0.3 is 0 Å². The number of benzene rings is 1. The average Bonchev–Trinajstić information content (AvgIpc) is 3.26. The maximum atomic E-state index is 10.3. The Balaban J connectivity index is 1.85. The third kappa shape index (κ3) is 9.57. The van der Waals surface area contributed by atoms with Gasteiger partial charge in [-0.3, -0.25) is 0 Å². The molecule has 0 radical (unpaired) electrons. The van der Waals surface area contributed by atoms with Gasteiger partial charge in [-0.1, -0.05) is 114 Å². The lowest BCUT2D eigenvalue weighted by molar-refractivity contribution is 0.234. The molecule has 0 bridgehead atoms. The molecule has 1 aromatic rings. The fourth-order valence-corrected chi connectivity index (χ4v) is 5.95. The Bertz CT molecular complexity index is 1270. The zero-order valence-corrected chi connectivity index (χ0v) is 26.8. The molecule has 0 atom stereocenters. The van der Waals surface area contributed by atoms with E-state index in [-0.39, 0.29) is 5.54 Å². The van der Waals surface area contributed by atoms with Gasteiger partial charge in [0.15, 0.2) is 0 Å². The normalized spacial score (nSPS) is 17.5. The first-order valence-corrected chi connectivity index (χ1v) is 15.9. The molecule has 4 nitrogen and oxygen atoms in total. The van der Waals surface area contributed by atoms with Crippen molar-refractivity contribution in [2.45, 2.75) is 97.9 Å². The standard InChI is InChI=1S/C38H53N3O/c1-7-17-33(35(18-8-2)31-19-12-9-10-13-20-31)26-40-38(23-14-11-15-24-38)28-39-36(27-42)41-37-32(25-29(3)4)21-16-22-34(37)30(5)6/h7,9,12-13,16-17,19-22,27,29-30,39-42H,10-11,14-15,23-26,28H2,1-6H3/b17-7-,35-33-,36-27?. The number of allylic oxidation sites excluding steroid dienone is 8. The number of para-hydroxylation sites is 1. The minimum Gasteiger partial charge on any atom is -0.512 e. The predicted molar refractivity (Wildman–Crippen MR) is 181 cm³/mol. The Labute approximate surface area is 255 Å². The minimum absolute atomic E-state index is 0.0856. The maximum Gasteiger partial charge on any atom is 0.139 e. The first-order chi connectivity index (χ1) is 20.3. The molecule has 0 spiro atoms. The van der Waals surface area contributed by atoms with Gasteiger partial charge in [-0.25, -0.2) is 0 Å². The molecule has 0 aliphatic heterocycles. The van der Waals surface area contributed by atoms with Crippen LogP contribution in [0.25, 0.3) is 0 Å². The van der Waals surface area contributed by atoms with Crippen molar-refractivity contribution >= 4 is 5.69 Å². The smallest absolute Gasteiger partial charge is 0.139 e. The second kappa shape index (κ2) is 16.9. The predicted octanol–water partition coefficient (Wildman–Crippen LogP) is 9.00. The van der Waals surface area contributed by atoms with Crippen LogP contribution in [0.4, 0.5) is 5.69 Å². The molecule has 42 heavy (non-hydrogen) atoms. The molecular weight excluding hydrogens is 514 g/mol. The van der Waals surface area contributed by atoms with Gasteiger partial charge in [0.05, 0.1) is 0 Å². The first-order valence-electron chi connectivity index (χ1n) is 15.9. The van der Waals surface area contributed by atoms with E-state index in [2.05, 4.69) is 123 Å². The lowest BCUT2D eigenvalue weighted by Gasteiger charge is -2.39. The van der Waals surface area contributed by atoms with Crippen LogP contribution < -0.4 is 16.0 Å². The Morgan fingerprint density at radius 3 is 2.55 bits per heavy atom. The fourth-order valence-electron chi connectivity index (χ4n) is 5.95. The van der Waals surface area contributed by atoms with Crippen LogP contribution in [-0.4, -0.2) is 23.7 Å². The number of hydrogen-bond acceptors (Lipinski definition) is 4. The Hall–Kier alpha value is -3.42. The van der Waals surface area contributed by atoms with E-state index in [0.717, 1.165) is 55.6 Å². The molecule has 0 amide bonds. The summed E-state index contributed by atoms with van der Waals surface area (Å²) < 4.78 is 0. The van der Waals surface area contributed by atoms with Gasteiger partial charge in [0.1, 0.15) is 12.1 Å². The van der Waals surface area contributed by atoms with E-state index in [1.165, 1.54) is 42.2 Å². The summed E-state index contributed by atoms with van der Waals surface area (Å²) in [6.45, 7) is 14.4. The van der Waals surface area contributed by atoms with E-state index < -0.39 is 0 Å². The monoisotopic (exact) mass is 567 g/mol. The topological polar surface area (TPSA) is 56.3 Å². The van der Waals surface area contributed by atoms with Crippen LogP contribution in [0.15, 0.2) is 89.5 Å². The molecule has 226 valence electrons. The molecule has 4 N–H and O–H groups in total. The molecule has 0 heterocycles. The van der Waals surface area contributed by atoms with E-state index in [1.54, 1.807) is 0 Å². The second-order valence-corrected chi connectivity index (χ2v) is 12.3. The summed E-state index contributed by atoms with van der Waals surface area (Å²) in [6.07, 6.45) is 24.1. The summed E-state index contributed by atoms with van der Waals surface area (Å²) in [7, 11) is 0. The molecule has 1 saturated carbocycles. The Kier molecular flexibility index (Phi) is 13.3. The molecular formula is C38H53N3O. The number of rotatable bonds is 13. The number of aliphatic hydroxyl groups is 1. The fraction of sp³-hybridized carbons (Fsp3) is 0.474. The highest BCUT2D eigenvalue weighted by molar-refractivity contribution is 5.62. The van der Waals surface area contributed by atoms with E-state index in [9.17, 15) is 5.11 Å². The Morgan fingerprint density at radius 1 is 1.10 bits per heavy atom. The highest BCUT2D eigenvalue weighted by atomic mass is 16.2. The van der Waals surface area contributed by atoms with Crippen molar-refractivity contribution in [3.63, 3.8) is 0 Å². The first kappa shape index (κ1) is 33.1. The zero-order chi connectivity index (χ0) is 30.4. The van der Waals surface area contributed by atoms with Crippen molar-refractivity contribution in [1.82, 2.24) is 10.6 Å². The van der Waals surface area contributed by atoms with Crippen LogP contribution in [0, 0.1) is 17.8 Å². The highest BCUT2D eigenvalue weighted by Crippen LogP contribution is 2.32. The van der Waals surface area contributed by atoms with Gasteiger partial charge < -0.3 is 21.1 Å². The number of nitrogens with one attached hydrogen (secondary N) is 3. The third-order valence-corrected chi connectivity index (χ3v) is 8.11. The van der Waals surface area contributed by atoms with E-state index in [0.29, 0.717) is 17.7 Å². The van der Waals surface area contributed by atoms with Crippen LogP contribution in [0.5, 0.6) is 0 Å². The summed E-state index contributed by atoms with van der Waals surface area (Å²) in [5.41, 5.74) is 7.00. The van der Waals surface area contributed by atoms with Crippen molar-refractivity contribution in [3.8, 4) is 11.8 Å². The molecule has 3 rings (SSSR count). The SMILES string of the molecule is CC#C/C(C1=CC=CCC=C1)=C(\C=C/C)CNC1(CNC(=CO)Nc2c(CC(C)C)cccc2C(C)C)CCCCC1. The molecule has 2 aliphatic rings. The van der Waals surface area contributed by atoms with Crippen molar-refractivity contribution in [2.24, 2.45) is 5.92 Å². The van der Waals surface area contributed by atoms with Crippen molar-refractivity contribution < 1.29 is 5.11 Å². The largest absolute Gasteiger partial charge is 0.512 e. The lowest BCUT2D eigenvalue weighted by atomic mass is 9.81. The van der Waals surface area contributed by atoms with Crippen LogP contribution in [-0.2, 0) is 6.42 Å². The molecule has 0 aromatic heterocycles. The summed E-state index contributed by atoms with van der Waals surface area (Å²) in [6, 6.07) is 6.55. The zero-order valence-electron chi connectivity index (χ0n) is 26.8. The van der Waals surface area contributed by atoms with Crippen molar-refractivity contribution in [3.05, 3.63) is 101 Å². The van der Waals surface area contributed by atoms with Gasteiger partial charge in [0.25, 0.3) is 0 Å². The van der Waals surface area contributed by atoms with Crippen LogP contribution in [0.1, 0.15) is 97.1 Å². The van der Waals surface area contributed by atoms with E-state index in [1.807, 2.05) is 6.92 Å². The summed E-state index contributed by atoms with van der Waals surface area (Å²) >= 11 is 0. The number of aliphatic hydroxyl groups excluding tert-OH is 1. The quantitative estimate of drug-likeness (QED) is 0.109. The minimum atomic E-state index is -0.0856. The van der Waals surface area contributed by atoms with Crippen molar-refractivity contribution in [2.75, 3.05) is 18.4 Å². The summed E-state index contributed by atoms with van der Waals surface area (Å²) in [5, 5.41) is 21.5. The molecule has 4 heteroatoms. The van der Waals surface area contributed by atoms with Gasteiger partial charge in [0.2, 0.25) is 0 Å². The van der Waals surface area contributed by atoms with Crippen molar-refractivity contribution in [1.29, 1.82) is 0 Å². The van der Waals surface area contributed by atoms with Crippen LogP contribution in [0.3, 0.4) is 0 Å². The number of anilines is 1. The van der Waals surface area contributed by atoms with Gasteiger partial charge in [-0.2, -0.15) is 0 Å². The van der Waals surface area contributed by atoms with Crippen LogP contribution in [0.2, 0.25) is 0 Å². The van der Waals surface area contributed by atoms with Crippen LogP contribution >= 0.6 is 0 Å². The Morgan fingerprint density at radius 2 is 1.88 bits per heavy atom. The van der Waals surface area contributed by atoms with Gasteiger partial charge in [-0.05, 0) is 73.6 Å². The molecule has 1 aromatic carbocycles. The van der Waals surface area contributed by atoms with Gasteiger partial charge in [0, 0.05) is 29.9 Å². The molecule has 1 fully saturated rings. The molecule has 0 saturated heterocycles. The second-order valence-electron chi connectivity index (χ2n) is 12.3. The molecule has 0 unspecified atom stereocenters. The third-order valence-electron chi connectivity index (χ3n) is 8.11. The summed E-state index contributed by atoms with van der Waals surface area (Å²) in [4.78, 5) is 0. The maximum absolute atomic E-state index is 10.3. The van der Waals surface area contributed by atoms with E-state index in [4.69, 9.17) is 0 Å². The van der Waals surface area contributed by atoms with Gasteiger partial charge in [-0.15, -0.1) is 5.92 Å². The summed E-state index contributed by atoms with van der Waals surface area (Å²) in [5.74, 6) is 8.10. The highest BCUT2D eigenvalue weighted by Gasteiger charge is 2.32.